The number of amides is 2. The van der Waals surface area contributed by atoms with Crippen LogP contribution in [0.1, 0.15) is 18.4 Å². The third-order valence-electron chi connectivity index (χ3n) is 3.87. The first kappa shape index (κ1) is 15.4. The number of rotatable bonds is 4. The number of likely N-dealkylation sites (N-methyl/N-ethyl adjacent to an activating group) is 2. The Morgan fingerprint density at radius 2 is 2.10 bits per heavy atom. The summed E-state index contributed by atoms with van der Waals surface area (Å²) in [6.07, 6.45) is 1.11. The van der Waals surface area contributed by atoms with E-state index in [0.717, 1.165) is 12.1 Å². The molecule has 2 amide bonds. The average molecular weight is 296 g/mol. The number of hydrogen-bond donors (Lipinski definition) is 0. The average Bonchev–Trinajstić information content (AvgIpc) is 2.79. The van der Waals surface area contributed by atoms with E-state index >= 15 is 0 Å². The lowest BCUT2D eigenvalue weighted by molar-refractivity contribution is -0.140. The maximum Gasteiger partial charge on any atom is 0.245 e. The summed E-state index contributed by atoms with van der Waals surface area (Å²) >= 11 is 0. The van der Waals surface area contributed by atoms with Gasteiger partial charge in [-0.1, -0.05) is 6.07 Å². The van der Waals surface area contributed by atoms with Crippen molar-refractivity contribution in [1.29, 1.82) is 0 Å². The molecule has 1 heterocycles. The summed E-state index contributed by atoms with van der Waals surface area (Å²) in [6.45, 7) is 0.643. The van der Waals surface area contributed by atoms with Crippen molar-refractivity contribution in [3.63, 3.8) is 0 Å². The second-order valence-electron chi connectivity index (χ2n) is 5.32. The van der Waals surface area contributed by atoms with Gasteiger partial charge in [-0.05, 0) is 30.5 Å². The number of likely N-dealkylation sites (tertiary alicyclic amines) is 1. The van der Waals surface area contributed by atoms with E-state index in [4.69, 9.17) is 0 Å². The van der Waals surface area contributed by atoms with Crippen LogP contribution in [-0.2, 0) is 16.0 Å². The van der Waals surface area contributed by atoms with Crippen molar-refractivity contribution in [3.05, 3.63) is 35.4 Å². The van der Waals surface area contributed by atoms with Gasteiger partial charge < -0.3 is 9.80 Å². The van der Waals surface area contributed by atoms with Crippen LogP contribution in [0.3, 0.4) is 0 Å². The Bertz CT molecular complexity index is 563. The molecule has 0 aromatic heterocycles. The highest BCUT2D eigenvalue weighted by molar-refractivity contribution is 5.88. The molecule has 1 aromatic rings. The van der Waals surface area contributed by atoms with E-state index in [1.54, 1.807) is 19.0 Å². The summed E-state index contributed by atoms with van der Waals surface area (Å²) in [7, 11) is 3.32. The molecule has 0 aliphatic carbocycles. The van der Waals surface area contributed by atoms with Gasteiger partial charge in [0.15, 0.2) is 11.6 Å². The lowest BCUT2D eigenvalue weighted by Crippen LogP contribution is -2.42. The van der Waals surface area contributed by atoms with Gasteiger partial charge in [0, 0.05) is 27.1 Å². The van der Waals surface area contributed by atoms with Crippen molar-refractivity contribution >= 4 is 11.8 Å². The fourth-order valence-electron chi connectivity index (χ4n) is 2.46. The van der Waals surface area contributed by atoms with Gasteiger partial charge in [-0.3, -0.25) is 9.59 Å². The van der Waals surface area contributed by atoms with E-state index in [2.05, 4.69) is 0 Å². The Labute approximate surface area is 122 Å². The summed E-state index contributed by atoms with van der Waals surface area (Å²) in [5.41, 5.74) is 0.561. The quantitative estimate of drug-likeness (QED) is 0.846. The molecule has 0 N–H and O–H groups in total. The first-order chi connectivity index (χ1) is 9.90. The number of benzene rings is 1. The third kappa shape index (κ3) is 3.37. The lowest BCUT2D eigenvalue weighted by Gasteiger charge is -2.23. The molecule has 0 saturated carbocycles. The highest BCUT2D eigenvalue weighted by Gasteiger charge is 2.34. The molecule has 1 aliphatic heterocycles. The van der Waals surface area contributed by atoms with Crippen molar-refractivity contribution in [2.24, 2.45) is 0 Å². The number of halogens is 2. The summed E-state index contributed by atoms with van der Waals surface area (Å²) in [6, 6.07) is 3.19. The molecule has 0 bridgehead atoms. The molecule has 0 radical (unpaired) electrons. The molecule has 1 fully saturated rings. The van der Waals surface area contributed by atoms with Crippen LogP contribution in [0, 0.1) is 11.6 Å². The second kappa shape index (κ2) is 6.20. The zero-order valence-electron chi connectivity index (χ0n) is 12.1. The van der Waals surface area contributed by atoms with E-state index in [9.17, 15) is 18.4 Å². The third-order valence-corrected chi connectivity index (χ3v) is 3.87. The van der Waals surface area contributed by atoms with Crippen LogP contribution in [-0.4, -0.2) is 48.3 Å². The fourth-order valence-corrected chi connectivity index (χ4v) is 2.46. The van der Waals surface area contributed by atoms with Crippen molar-refractivity contribution < 1.29 is 18.4 Å². The summed E-state index contributed by atoms with van der Waals surface area (Å²) in [5.74, 6) is -2.05. The molecule has 0 unspecified atom stereocenters. The van der Waals surface area contributed by atoms with Crippen molar-refractivity contribution in [3.8, 4) is 0 Å². The zero-order chi connectivity index (χ0) is 15.6. The maximum atomic E-state index is 13.1. The largest absolute Gasteiger partial charge is 0.344 e. The van der Waals surface area contributed by atoms with Crippen molar-refractivity contribution in [2.75, 3.05) is 20.6 Å². The van der Waals surface area contributed by atoms with E-state index in [0.29, 0.717) is 24.9 Å². The fraction of sp³-hybridized carbons (Fsp3) is 0.467. The number of hydrogen-bond acceptors (Lipinski definition) is 2. The van der Waals surface area contributed by atoms with Crippen LogP contribution in [0.5, 0.6) is 0 Å². The van der Waals surface area contributed by atoms with Crippen LogP contribution >= 0.6 is 0 Å². The minimum atomic E-state index is -0.916. The van der Waals surface area contributed by atoms with Crippen LogP contribution < -0.4 is 0 Å². The predicted molar refractivity (Wildman–Crippen MR) is 73.5 cm³/mol. The van der Waals surface area contributed by atoms with Crippen LogP contribution in [0.2, 0.25) is 0 Å². The minimum Gasteiger partial charge on any atom is -0.344 e. The first-order valence-electron chi connectivity index (χ1n) is 6.84. The number of aryl methyl sites for hydroxylation is 1. The second-order valence-corrected chi connectivity index (χ2v) is 5.32. The zero-order valence-corrected chi connectivity index (χ0v) is 12.1. The van der Waals surface area contributed by atoms with Gasteiger partial charge in [-0.2, -0.15) is 0 Å². The van der Waals surface area contributed by atoms with E-state index in [-0.39, 0.29) is 18.2 Å². The van der Waals surface area contributed by atoms with Gasteiger partial charge in [0.1, 0.15) is 6.04 Å². The molecule has 4 nitrogen and oxygen atoms in total. The van der Waals surface area contributed by atoms with Gasteiger partial charge in [-0.15, -0.1) is 0 Å². The molecule has 2 rings (SSSR count). The minimum absolute atomic E-state index is 0.0568. The van der Waals surface area contributed by atoms with E-state index in [1.165, 1.54) is 11.0 Å². The van der Waals surface area contributed by atoms with Gasteiger partial charge in [0.25, 0.3) is 0 Å². The molecule has 1 atom stereocenters. The molecule has 0 spiro atoms. The lowest BCUT2D eigenvalue weighted by atomic mass is 10.1. The standard InChI is InChI=1S/C15H18F2N2O2/c1-18-8-7-13(15(18)21)19(2)14(20)6-4-10-3-5-11(16)12(17)9-10/h3,5,9,13H,4,6-8H2,1-2H3/t13-/m0/s1. The van der Waals surface area contributed by atoms with Crippen LogP contribution in [0.4, 0.5) is 8.78 Å². The SMILES string of the molecule is CN1CC[C@H](N(C)C(=O)CCc2ccc(F)c(F)c2)C1=O. The van der Waals surface area contributed by atoms with Gasteiger partial charge in [0.05, 0.1) is 0 Å². The molecule has 21 heavy (non-hydrogen) atoms. The monoisotopic (exact) mass is 296 g/mol. The van der Waals surface area contributed by atoms with Crippen LogP contribution in [0.15, 0.2) is 18.2 Å². The number of carbonyl (C=O) groups is 2. The smallest absolute Gasteiger partial charge is 0.245 e. The summed E-state index contributed by atoms with van der Waals surface area (Å²) < 4.78 is 25.9. The number of carbonyl (C=O) groups excluding carboxylic acids is 2. The Balaban J connectivity index is 1.92. The molecular formula is C15H18F2N2O2. The van der Waals surface area contributed by atoms with Gasteiger partial charge in [-0.25, -0.2) is 8.78 Å². The van der Waals surface area contributed by atoms with Gasteiger partial charge in [0.2, 0.25) is 11.8 Å². The van der Waals surface area contributed by atoms with Gasteiger partial charge >= 0.3 is 0 Å². The molecule has 6 heteroatoms. The molecule has 114 valence electrons. The van der Waals surface area contributed by atoms with E-state index in [1.807, 2.05) is 0 Å². The molecule has 1 aliphatic rings. The topological polar surface area (TPSA) is 40.6 Å². The summed E-state index contributed by atoms with van der Waals surface area (Å²) in [5, 5.41) is 0. The van der Waals surface area contributed by atoms with E-state index < -0.39 is 17.7 Å². The predicted octanol–water partition coefficient (Wildman–Crippen LogP) is 1.59. The molecular weight excluding hydrogens is 278 g/mol. The summed E-state index contributed by atoms with van der Waals surface area (Å²) in [4.78, 5) is 27.0. The highest BCUT2D eigenvalue weighted by Crippen LogP contribution is 2.16. The Morgan fingerprint density at radius 1 is 1.38 bits per heavy atom. The van der Waals surface area contributed by atoms with Crippen molar-refractivity contribution in [2.45, 2.75) is 25.3 Å². The first-order valence-corrected chi connectivity index (χ1v) is 6.84. The molecule has 1 saturated heterocycles. The number of nitrogens with zero attached hydrogens (tertiary/aromatic N) is 2. The Morgan fingerprint density at radius 3 is 2.67 bits per heavy atom. The van der Waals surface area contributed by atoms with Crippen molar-refractivity contribution in [1.82, 2.24) is 9.80 Å². The van der Waals surface area contributed by atoms with Crippen LogP contribution in [0.25, 0.3) is 0 Å². The Hall–Kier alpha value is -1.98. The maximum absolute atomic E-state index is 13.1. The normalized spacial score (nSPS) is 18.2. The highest BCUT2D eigenvalue weighted by atomic mass is 19.2. The molecule has 1 aromatic carbocycles. The Kier molecular flexibility index (Phi) is 4.55.